The molecule has 0 aromatic carbocycles. The summed E-state index contributed by atoms with van der Waals surface area (Å²) in [5.74, 6) is -1.84. The Morgan fingerprint density at radius 3 is 1.93 bits per heavy atom. The highest BCUT2D eigenvalue weighted by Crippen LogP contribution is 2.27. The maximum Gasteiger partial charge on any atom is 0.319 e. The molecule has 0 bridgehead atoms. The Kier molecular flexibility index (Phi) is 4.42. The van der Waals surface area contributed by atoms with Gasteiger partial charge in [0, 0.05) is 0 Å². The molecule has 0 unspecified atom stereocenters. The molecule has 7 heteroatoms. The number of hydrogen-bond acceptors (Lipinski definition) is 4. The summed E-state index contributed by atoms with van der Waals surface area (Å²) in [6, 6.07) is 0. The number of carbonyl (C=O) groups excluding carboxylic acids is 2. The Balaban J connectivity index is 5.31. The third-order valence-electron chi connectivity index (χ3n) is 2.25. The number of primary amides is 1. The molecule has 0 aromatic heterocycles. The summed E-state index contributed by atoms with van der Waals surface area (Å²) in [6.45, 7) is 3.16. The van der Waals surface area contributed by atoms with E-state index in [0.29, 0.717) is 0 Å². The van der Waals surface area contributed by atoms with Gasteiger partial charge in [-0.1, -0.05) is 18.2 Å². The van der Waals surface area contributed by atoms with Crippen LogP contribution in [0.5, 0.6) is 0 Å². The first-order chi connectivity index (χ1) is 6.40. The molecule has 80 valence electrons. The van der Waals surface area contributed by atoms with Crippen molar-refractivity contribution in [2.45, 2.75) is 26.7 Å². The van der Waals surface area contributed by atoms with Gasteiger partial charge in [-0.3, -0.25) is 9.59 Å². The molecular weight excluding hydrogens is 208 g/mol. The van der Waals surface area contributed by atoms with Crippen LogP contribution in [-0.4, -0.2) is 20.2 Å². The van der Waals surface area contributed by atoms with Gasteiger partial charge < -0.3 is 5.73 Å². The number of nitrogens with two attached hydrogens (primary N) is 1. The first-order valence-electron chi connectivity index (χ1n) is 4.06. The summed E-state index contributed by atoms with van der Waals surface area (Å²) in [4.78, 5) is 22.4. The first kappa shape index (κ1) is 12.8. The van der Waals surface area contributed by atoms with Crippen LogP contribution in [-0.2, 0) is 20.1 Å². The topological polar surface area (TPSA) is 107 Å². The molecule has 0 saturated heterocycles. The van der Waals surface area contributed by atoms with Gasteiger partial charge in [-0.25, -0.2) is 0 Å². The van der Waals surface area contributed by atoms with Gasteiger partial charge in [0.15, 0.2) is 0 Å². The van der Waals surface area contributed by atoms with E-state index < -0.39 is 27.7 Å². The van der Waals surface area contributed by atoms with Gasteiger partial charge in [0.1, 0.15) is 5.41 Å². The van der Waals surface area contributed by atoms with Gasteiger partial charge in [-0.05, 0) is 12.8 Å². The van der Waals surface area contributed by atoms with E-state index in [2.05, 4.69) is 4.36 Å². The molecule has 0 aliphatic carbocycles. The maximum atomic E-state index is 11.3. The second-order valence-electron chi connectivity index (χ2n) is 2.77. The lowest BCUT2D eigenvalue weighted by molar-refractivity contribution is -0.139. The smallest absolute Gasteiger partial charge is 0.319 e. The van der Waals surface area contributed by atoms with Crippen molar-refractivity contribution < 1.29 is 18.0 Å². The van der Waals surface area contributed by atoms with E-state index in [1.807, 2.05) is 0 Å². The summed E-state index contributed by atoms with van der Waals surface area (Å²) in [5.41, 5.74) is 3.56. The van der Waals surface area contributed by atoms with Crippen LogP contribution >= 0.6 is 0 Å². The fourth-order valence-corrected chi connectivity index (χ4v) is 1.47. The Hall–Kier alpha value is -1.24. The molecule has 2 amide bonds. The molecule has 0 aromatic rings. The summed E-state index contributed by atoms with van der Waals surface area (Å²) in [6.07, 6.45) is 0.275. The highest BCUT2D eigenvalue weighted by atomic mass is 32.2. The van der Waals surface area contributed by atoms with Crippen molar-refractivity contribution in [3.8, 4) is 0 Å². The largest absolute Gasteiger partial charge is 0.369 e. The Morgan fingerprint density at radius 1 is 1.29 bits per heavy atom. The van der Waals surface area contributed by atoms with Crippen molar-refractivity contribution in [2.75, 3.05) is 0 Å². The molecule has 6 nitrogen and oxygen atoms in total. The van der Waals surface area contributed by atoms with Crippen LogP contribution in [0.4, 0.5) is 0 Å². The lowest BCUT2D eigenvalue weighted by Crippen LogP contribution is -2.42. The van der Waals surface area contributed by atoms with Gasteiger partial charge in [0.05, 0.1) is 0 Å². The average Bonchev–Trinajstić information content (AvgIpc) is 2.05. The predicted molar refractivity (Wildman–Crippen MR) is 48.6 cm³/mol. The van der Waals surface area contributed by atoms with Crippen LogP contribution in [0.3, 0.4) is 0 Å². The molecule has 0 fully saturated rings. The van der Waals surface area contributed by atoms with Crippen molar-refractivity contribution in [2.24, 2.45) is 15.5 Å². The first-order valence-corrected chi connectivity index (χ1v) is 5.09. The van der Waals surface area contributed by atoms with Crippen LogP contribution in [0.25, 0.3) is 0 Å². The third kappa shape index (κ3) is 2.38. The quantitative estimate of drug-likeness (QED) is 0.665. The SMILES string of the molecule is CCC(CC)(C(N)=O)C(=O)N=S(=O)=O. The standard InChI is InChI=1S/C7H12N2O4S/c1-3-7(4-2,5(8)10)6(11)9-14(12)13/h3-4H2,1-2H3,(H2,8,10). The van der Waals surface area contributed by atoms with Crippen LogP contribution < -0.4 is 5.73 Å². The molecule has 0 rings (SSSR count). The highest BCUT2D eigenvalue weighted by molar-refractivity contribution is 7.62. The number of hydrogen-bond donors (Lipinski definition) is 1. The van der Waals surface area contributed by atoms with Gasteiger partial charge in [-0.2, -0.15) is 8.42 Å². The van der Waals surface area contributed by atoms with Crippen molar-refractivity contribution >= 4 is 22.3 Å². The molecular formula is C7H12N2O4S. The van der Waals surface area contributed by atoms with Crippen molar-refractivity contribution in [1.29, 1.82) is 0 Å². The third-order valence-corrected chi connectivity index (χ3v) is 2.56. The van der Waals surface area contributed by atoms with Crippen LogP contribution in [0.1, 0.15) is 26.7 Å². The van der Waals surface area contributed by atoms with Crippen molar-refractivity contribution in [1.82, 2.24) is 0 Å². The van der Waals surface area contributed by atoms with Gasteiger partial charge in [0.2, 0.25) is 5.91 Å². The Labute approximate surface area is 83.2 Å². The summed E-state index contributed by atoms with van der Waals surface area (Å²) in [5, 5.41) is 0. The van der Waals surface area contributed by atoms with Crippen LogP contribution in [0.2, 0.25) is 0 Å². The monoisotopic (exact) mass is 220 g/mol. The second-order valence-corrected chi connectivity index (χ2v) is 3.38. The zero-order valence-electron chi connectivity index (χ0n) is 7.98. The molecule has 14 heavy (non-hydrogen) atoms. The van der Waals surface area contributed by atoms with Gasteiger partial charge >= 0.3 is 10.5 Å². The zero-order chi connectivity index (χ0) is 11.4. The molecule has 0 aliphatic rings. The van der Waals surface area contributed by atoms with Crippen LogP contribution in [0, 0.1) is 5.41 Å². The lowest BCUT2D eigenvalue weighted by Gasteiger charge is -2.22. The molecule has 0 atom stereocenters. The van der Waals surface area contributed by atoms with E-state index in [4.69, 9.17) is 5.73 Å². The predicted octanol–water partition coefficient (Wildman–Crippen LogP) is -0.133. The van der Waals surface area contributed by atoms with E-state index in [-0.39, 0.29) is 12.8 Å². The molecule has 0 radical (unpaired) electrons. The minimum atomic E-state index is -2.84. The van der Waals surface area contributed by atoms with Crippen LogP contribution in [0.15, 0.2) is 4.36 Å². The van der Waals surface area contributed by atoms with Crippen molar-refractivity contribution in [3.63, 3.8) is 0 Å². The van der Waals surface area contributed by atoms with Gasteiger partial charge in [0.25, 0.3) is 5.91 Å². The van der Waals surface area contributed by atoms with E-state index in [0.717, 1.165) is 0 Å². The van der Waals surface area contributed by atoms with E-state index in [9.17, 15) is 18.0 Å². The van der Waals surface area contributed by atoms with Gasteiger partial charge in [-0.15, -0.1) is 0 Å². The molecule has 0 heterocycles. The normalized spacial score (nSPS) is 10.7. The minimum Gasteiger partial charge on any atom is -0.369 e. The molecule has 2 N–H and O–H groups in total. The minimum absolute atomic E-state index is 0.137. The molecule has 0 spiro atoms. The lowest BCUT2D eigenvalue weighted by atomic mass is 9.81. The number of amides is 2. The molecule has 0 aliphatic heterocycles. The summed E-state index contributed by atoms with van der Waals surface area (Å²) < 4.78 is 23.1. The second kappa shape index (κ2) is 4.85. The maximum absolute atomic E-state index is 11.3. The number of rotatable bonds is 4. The fourth-order valence-electron chi connectivity index (χ4n) is 1.16. The highest BCUT2D eigenvalue weighted by Gasteiger charge is 2.41. The van der Waals surface area contributed by atoms with E-state index in [1.54, 1.807) is 13.8 Å². The van der Waals surface area contributed by atoms with E-state index >= 15 is 0 Å². The fraction of sp³-hybridized carbons (Fsp3) is 0.714. The Bertz CT molecular complexity index is 359. The number of carbonyl (C=O) groups is 2. The number of nitrogens with zero attached hydrogens (tertiary/aromatic N) is 1. The summed E-state index contributed by atoms with van der Waals surface area (Å²) >= 11 is 0. The molecule has 0 saturated carbocycles. The summed E-state index contributed by atoms with van der Waals surface area (Å²) in [7, 11) is -2.84. The Morgan fingerprint density at radius 2 is 1.71 bits per heavy atom. The van der Waals surface area contributed by atoms with Crippen molar-refractivity contribution in [3.05, 3.63) is 0 Å². The van der Waals surface area contributed by atoms with E-state index in [1.165, 1.54) is 0 Å². The zero-order valence-corrected chi connectivity index (χ0v) is 8.80. The average molecular weight is 220 g/mol.